The lowest BCUT2D eigenvalue weighted by atomic mass is 9.95. The summed E-state index contributed by atoms with van der Waals surface area (Å²) in [7, 11) is 1.83. The van der Waals surface area contributed by atoms with E-state index in [1.54, 1.807) is 4.90 Å². The Hall–Kier alpha value is -2.28. The number of fused-ring (bicyclic) bond motifs is 1. The molecule has 0 saturated carbocycles. The first-order valence-electron chi connectivity index (χ1n) is 11.2. The maximum absolute atomic E-state index is 12.2. The largest absolute Gasteiger partial charge is 0.300 e. The minimum absolute atomic E-state index is 0.143. The quantitative estimate of drug-likeness (QED) is 0.772. The zero-order valence-corrected chi connectivity index (χ0v) is 19.2. The molecule has 0 N–H and O–H groups in total. The smallest absolute Gasteiger partial charge is 0.228 e. The van der Waals surface area contributed by atoms with Gasteiger partial charge in [-0.05, 0) is 60.4 Å². The first kappa shape index (κ1) is 21.0. The van der Waals surface area contributed by atoms with Crippen molar-refractivity contribution < 1.29 is 4.79 Å². The Balaban J connectivity index is 1.55. The number of nitrogens with zero attached hydrogens (tertiary/aromatic N) is 6. The molecule has 0 bridgehead atoms. The van der Waals surface area contributed by atoms with Gasteiger partial charge in [-0.15, -0.1) is 0 Å². The van der Waals surface area contributed by atoms with Crippen LogP contribution in [0.5, 0.6) is 0 Å². The Morgan fingerprint density at radius 2 is 1.87 bits per heavy atom. The van der Waals surface area contributed by atoms with E-state index in [2.05, 4.69) is 44.2 Å². The summed E-state index contributed by atoms with van der Waals surface area (Å²) in [5.41, 5.74) is 5.89. The van der Waals surface area contributed by atoms with Crippen LogP contribution in [0.1, 0.15) is 79.1 Å². The average Bonchev–Trinajstić information content (AvgIpc) is 2.99. The topological polar surface area (TPSA) is 67.2 Å². The molecule has 2 aliphatic rings. The summed E-state index contributed by atoms with van der Waals surface area (Å²) in [6, 6.07) is 0.373. The van der Waals surface area contributed by atoms with E-state index in [1.165, 1.54) is 11.3 Å². The third-order valence-electron chi connectivity index (χ3n) is 6.71. The Bertz CT molecular complexity index is 963. The highest BCUT2D eigenvalue weighted by molar-refractivity contribution is 5.94. The molecule has 0 aliphatic carbocycles. The molecule has 1 unspecified atom stereocenters. The van der Waals surface area contributed by atoms with E-state index in [0.717, 1.165) is 67.5 Å². The van der Waals surface area contributed by atoms with Gasteiger partial charge in [0.25, 0.3) is 0 Å². The predicted molar refractivity (Wildman–Crippen MR) is 118 cm³/mol. The minimum Gasteiger partial charge on any atom is -0.300 e. The Kier molecular flexibility index (Phi) is 5.66. The summed E-state index contributed by atoms with van der Waals surface area (Å²) >= 11 is 0. The molecule has 4 heterocycles. The molecule has 2 aromatic heterocycles. The van der Waals surface area contributed by atoms with Crippen molar-refractivity contribution in [1.29, 1.82) is 0 Å². The number of carbonyl (C=O) groups is 1. The molecular weight excluding hydrogens is 376 g/mol. The highest BCUT2D eigenvalue weighted by Gasteiger charge is 2.29. The molecule has 4 rings (SSSR count). The zero-order valence-electron chi connectivity index (χ0n) is 19.2. The van der Waals surface area contributed by atoms with Crippen LogP contribution in [0.2, 0.25) is 0 Å². The zero-order chi connectivity index (χ0) is 21.6. The molecule has 0 radical (unpaired) electrons. The van der Waals surface area contributed by atoms with Crippen LogP contribution in [0.25, 0.3) is 0 Å². The fourth-order valence-electron chi connectivity index (χ4n) is 4.93. The van der Waals surface area contributed by atoms with Gasteiger partial charge in [0.15, 0.2) is 0 Å². The van der Waals surface area contributed by atoms with Crippen LogP contribution < -0.4 is 4.90 Å². The molecule has 0 spiro atoms. The maximum Gasteiger partial charge on any atom is 0.228 e. The highest BCUT2D eigenvalue weighted by Crippen LogP contribution is 2.32. The molecule has 162 valence electrons. The van der Waals surface area contributed by atoms with Crippen LogP contribution in [0, 0.1) is 20.8 Å². The lowest BCUT2D eigenvalue weighted by Crippen LogP contribution is -2.36. The SMILES string of the molecule is Cc1nc(C2CCCN(Cc3c(C)nn(C(C)C)c3C)C2)nc2c1CCC(=O)N2C. The van der Waals surface area contributed by atoms with E-state index in [9.17, 15) is 4.79 Å². The van der Waals surface area contributed by atoms with Crippen LogP contribution in [-0.4, -0.2) is 50.7 Å². The number of hydrogen-bond acceptors (Lipinski definition) is 5. The van der Waals surface area contributed by atoms with E-state index in [1.807, 2.05) is 7.05 Å². The monoisotopic (exact) mass is 410 g/mol. The third kappa shape index (κ3) is 3.75. The van der Waals surface area contributed by atoms with Crippen molar-refractivity contribution >= 4 is 11.7 Å². The molecule has 7 nitrogen and oxygen atoms in total. The summed E-state index contributed by atoms with van der Waals surface area (Å²) in [5.74, 6) is 2.15. The van der Waals surface area contributed by atoms with Crippen LogP contribution in [-0.2, 0) is 17.8 Å². The molecule has 2 aliphatic heterocycles. The van der Waals surface area contributed by atoms with Crippen molar-refractivity contribution in [2.45, 2.75) is 78.8 Å². The van der Waals surface area contributed by atoms with E-state index >= 15 is 0 Å². The molecule has 7 heteroatoms. The normalized spacial score (nSPS) is 20.2. The fourth-order valence-corrected chi connectivity index (χ4v) is 4.93. The van der Waals surface area contributed by atoms with Crippen LogP contribution in [0.4, 0.5) is 5.82 Å². The number of hydrogen-bond donors (Lipinski definition) is 0. The standard InChI is InChI=1S/C23H34N6O/c1-14(2)29-17(5)20(16(4)26-29)13-28-11-7-8-18(12-28)22-24-15(3)19-9-10-21(30)27(6)23(19)25-22/h14,18H,7-13H2,1-6H3. The highest BCUT2D eigenvalue weighted by atomic mass is 16.2. The van der Waals surface area contributed by atoms with Crippen molar-refractivity contribution in [3.63, 3.8) is 0 Å². The molecule has 30 heavy (non-hydrogen) atoms. The molecule has 2 aromatic rings. The molecule has 0 aromatic carbocycles. The maximum atomic E-state index is 12.2. The summed E-state index contributed by atoms with van der Waals surface area (Å²) < 4.78 is 2.13. The van der Waals surface area contributed by atoms with Gasteiger partial charge in [0.1, 0.15) is 11.6 Å². The average molecular weight is 411 g/mol. The molecule has 1 amide bonds. The van der Waals surface area contributed by atoms with Crippen molar-refractivity contribution in [2.75, 3.05) is 25.0 Å². The minimum atomic E-state index is 0.143. The van der Waals surface area contributed by atoms with Crippen LogP contribution in [0.15, 0.2) is 0 Å². The van der Waals surface area contributed by atoms with E-state index < -0.39 is 0 Å². The van der Waals surface area contributed by atoms with Crippen molar-refractivity contribution in [2.24, 2.45) is 0 Å². The Morgan fingerprint density at radius 3 is 2.57 bits per heavy atom. The second-order valence-electron chi connectivity index (χ2n) is 9.18. The molecule has 1 atom stereocenters. The van der Waals surface area contributed by atoms with E-state index in [4.69, 9.17) is 15.1 Å². The van der Waals surface area contributed by atoms with Gasteiger partial charge in [0.05, 0.1) is 5.69 Å². The lowest BCUT2D eigenvalue weighted by Gasteiger charge is -2.33. The number of anilines is 1. The van der Waals surface area contributed by atoms with E-state index in [0.29, 0.717) is 18.4 Å². The van der Waals surface area contributed by atoms with Crippen molar-refractivity contribution in [3.05, 3.63) is 34.0 Å². The molecular formula is C23H34N6O. The third-order valence-corrected chi connectivity index (χ3v) is 6.71. The second-order valence-corrected chi connectivity index (χ2v) is 9.18. The fraction of sp³-hybridized carbons (Fsp3) is 0.652. The van der Waals surface area contributed by atoms with Gasteiger partial charge in [-0.3, -0.25) is 19.3 Å². The van der Waals surface area contributed by atoms with Gasteiger partial charge in [0, 0.05) is 61.0 Å². The summed E-state index contributed by atoms with van der Waals surface area (Å²) in [6.07, 6.45) is 3.53. The first-order valence-corrected chi connectivity index (χ1v) is 11.2. The van der Waals surface area contributed by atoms with Gasteiger partial charge in [-0.1, -0.05) is 0 Å². The number of rotatable bonds is 4. The predicted octanol–water partition coefficient (Wildman–Crippen LogP) is 3.47. The van der Waals surface area contributed by atoms with Gasteiger partial charge < -0.3 is 0 Å². The Labute approximate surface area is 179 Å². The van der Waals surface area contributed by atoms with Gasteiger partial charge in [-0.2, -0.15) is 5.10 Å². The van der Waals surface area contributed by atoms with Gasteiger partial charge in [0.2, 0.25) is 5.91 Å². The number of likely N-dealkylation sites (tertiary alicyclic amines) is 1. The number of aromatic nitrogens is 4. The summed E-state index contributed by atoms with van der Waals surface area (Å²) in [6.45, 7) is 13.7. The van der Waals surface area contributed by atoms with Crippen molar-refractivity contribution in [3.8, 4) is 0 Å². The van der Waals surface area contributed by atoms with Gasteiger partial charge >= 0.3 is 0 Å². The summed E-state index contributed by atoms with van der Waals surface area (Å²) in [4.78, 5) is 26.2. The van der Waals surface area contributed by atoms with Crippen molar-refractivity contribution in [1.82, 2.24) is 24.6 Å². The number of aryl methyl sites for hydroxylation is 2. The molecule has 1 saturated heterocycles. The number of carbonyl (C=O) groups excluding carboxylic acids is 1. The van der Waals surface area contributed by atoms with Crippen LogP contribution >= 0.6 is 0 Å². The number of piperidine rings is 1. The van der Waals surface area contributed by atoms with Crippen LogP contribution in [0.3, 0.4) is 0 Å². The molecule has 1 fully saturated rings. The second kappa shape index (κ2) is 8.10. The van der Waals surface area contributed by atoms with Gasteiger partial charge in [-0.25, -0.2) is 9.97 Å². The first-order chi connectivity index (χ1) is 14.3. The Morgan fingerprint density at radius 1 is 1.10 bits per heavy atom. The number of amides is 1. The summed E-state index contributed by atoms with van der Waals surface area (Å²) in [5, 5.41) is 4.76. The van der Waals surface area contributed by atoms with E-state index in [-0.39, 0.29) is 5.91 Å². The lowest BCUT2D eigenvalue weighted by molar-refractivity contribution is -0.118.